The highest BCUT2D eigenvalue weighted by atomic mass is 35.5. The molecule has 0 bridgehead atoms. The number of hydrogen-bond acceptors (Lipinski definition) is 7. The van der Waals surface area contributed by atoms with Crippen LogP contribution in [-0.4, -0.2) is 77.9 Å². The molecule has 1 aromatic carbocycles. The molecule has 3 atom stereocenters. The lowest BCUT2D eigenvalue weighted by atomic mass is 9.91. The highest BCUT2D eigenvalue weighted by Crippen LogP contribution is 2.42. The molecule has 0 spiro atoms. The highest BCUT2D eigenvalue weighted by Gasteiger charge is 2.35. The molecule has 5 rings (SSSR count). The van der Waals surface area contributed by atoms with E-state index in [2.05, 4.69) is 27.1 Å². The van der Waals surface area contributed by atoms with Crippen LogP contribution in [0.3, 0.4) is 0 Å². The fourth-order valence-electron chi connectivity index (χ4n) is 6.18. The quantitative estimate of drug-likeness (QED) is 0.547. The number of aliphatic hydroxyl groups excluding tert-OH is 1. The average molecular weight is 546 g/mol. The Hall–Kier alpha value is -2.33. The third kappa shape index (κ3) is 5.66. The van der Waals surface area contributed by atoms with E-state index in [0.717, 1.165) is 42.8 Å². The van der Waals surface area contributed by atoms with Gasteiger partial charge in [-0.3, -0.25) is 4.79 Å². The van der Waals surface area contributed by atoms with Crippen LogP contribution in [0.4, 0.5) is 10.2 Å². The zero-order valence-electron chi connectivity index (χ0n) is 22.1. The number of aliphatic hydroxyl groups is 1. The molecule has 1 amide bonds. The number of halogens is 2. The molecule has 2 heterocycles. The summed E-state index contributed by atoms with van der Waals surface area (Å²) < 4.78 is 19.9. The monoisotopic (exact) mass is 545 g/mol. The van der Waals surface area contributed by atoms with Crippen LogP contribution in [0, 0.1) is 5.82 Å². The van der Waals surface area contributed by atoms with Gasteiger partial charge in [0.25, 0.3) is 0 Å². The van der Waals surface area contributed by atoms with Gasteiger partial charge < -0.3 is 25.0 Å². The smallest absolute Gasteiger partial charge is 0.231 e. The lowest BCUT2D eigenvalue weighted by Gasteiger charge is -2.38. The Morgan fingerprint density at radius 1 is 1.21 bits per heavy atom. The summed E-state index contributed by atoms with van der Waals surface area (Å²) in [5.41, 5.74) is 2.37. The van der Waals surface area contributed by atoms with Gasteiger partial charge in [0, 0.05) is 51.4 Å². The Morgan fingerprint density at radius 3 is 2.63 bits per heavy atom. The first kappa shape index (κ1) is 27.2. The molecule has 2 fully saturated rings. The fraction of sp³-hybridized carbons (Fsp3) is 0.607. The number of fused-ring (bicyclic) bond motifs is 1. The molecular formula is C28H37ClFN5O3. The summed E-state index contributed by atoms with van der Waals surface area (Å²) in [6.07, 6.45) is 5.88. The van der Waals surface area contributed by atoms with Crippen LogP contribution in [0.1, 0.15) is 73.8 Å². The first-order valence-corrected chi connectivity index (χ1v) is 14.0. The van der Waals surface area contributed by atoms with Crippen LogP contribution in [0.25, 0.3) is 0 Å². The van der Waals surface area contributed by atoms with Crippen LogP contribution >= 0.6 is 11.6 Å². The van der Waals surface area contributed by atoms with Crippen molar-refractivity contribution in [3.8, 4) is 0 Å². The number of benzene rings is 1. The molecule has 2 aliphatic carbocycles. The molecule has 1 aromatic heterocycles. The summed E-state index contributed by atoms with van der Waals surface area (Å²) in [5.74, 6) is 0.00951. The Labute approximate surface area is 228 Å². The molecule has 2 N–H and O–H groups in total. The van der Waals surface area contributed by atoms with Crippen molar-refractivity contribution in [1.29, 1.82) is 0 Å². The normalized spacial score (nSPS) is 26.3. The number of methoxy groups -OCH3 is 1. The van der Waals surface area contributed by atoms with Crippen LogP contribution in [0.2, 0.25) is 5.02 Å². The maximum atomic E-state index is 14.4. The lowest BCUT2D eigenvalue weighted by Crippen LogP contribution is -2.51. The Kier molecular flexibility index (Phi) is 8.47. The first-order chi connectivity index (χ1) is 18.4. The van der Waals surface area contributed by atoms with Crippen molar-refractivity contribution in [2.24, 2.45) is 0 Å². The number of carbonyl (C=O) groups is 1. The molecule has 38 heavy (non-hydrogen) atoms. The lowest BCUT2D eigenvalue weighted by molar-refractivity contribution is -0.133. The summed E-state index contributed by atoms with van der Waals surface area (Å²) in [6, 6.07) is 4.98. The maximum Gasteiger partial charge on any atom is 0.231 e. The van der Waals surface area contributed by atoms with Gasteiger partial charge in [0.1, 0.15) is 18.0 Å². The molecule has 0 unspecified atom stereocenters. The highest BCUT2D eigenvalue weighted by molar-refractivity contribution is 6.30. The van der Waals surface area contributed by atoms with Crippen LogP contribution in [-0.2, 0) is 9.53 Å². The average Bonchev–Trinajstić information content (AvgIpc) is 3.24. The summed E-state index contributed by atoms with van der Waals surface area (Å²) in [7, 11) is 1.75. The molecule has 1 saturated heterocycles. The van der Waals surface area contributed by atoms with Gasteiger partial charge in [-0.15, -0.1) is 0 Å². The largest absolute Gasteiger partial charge is 0.387 e. The predicted molar refractivity (Wildman–Crippen MR) is 144 cm³/mol. The molecule has 1 aliphatic heterocycles. The summed E-state index contributed by atoms with van der Waals surface area (Å²) in [4.78, 5) is 26.7. The minimum absolute atomic E-state index is 0.0128. The van der Waals surface area contributed by atoms with E-state index in [4.69, 9.17) is 16.3 Å². The van der Waals surface area contributed by atoms with E-state index in [1.54, 1.807) is 13.2 Å². The van der Waals surface area contributed by atoms with Gasteiger partial charge in [0.05, 0.1) is 28.8 Å². The summed E-state index contributed by atoms with van der Waals surface area (Å²) >= 11 is 5.94. The Balaban J connectivity index is 1.27. The maximum absolute atomic E-state index is 14.4. The van der Waals surface area contributed by atoms with Gasteiger partial charge in [-0.1, -0.05) is 24.6 Å². The zero-order chi connectivity index (χ0) is 26.8. The molecule has 10 heteroatoms. The van der Waals surface area contributed by atoms with Gasteiger partial charge in [-0.25, -0.2) is 14.4 Å². The molecule has 1 saturated carbocycles. The molecular weight excluding hydrogens is 509 g/mol. The van der Waals surface area contributed by atoms with Crippen LogP contribution in [0.15, 0.2) is 24.5 Å². The van der Waals surface area contributed by atoms with Crippen molar-refractivity contribution < 1.29 is 19.0 Å². The number of carbonyl (C=O) groups excluding carboxylic acids is 1. The Morgan fingerprint density at radius 2 is 1.95 bits per heavy atom. The van der Waals surface area contributed by atoms with Crippen molar-refractivity contribution in [3.05, 3.63) is 52.2 Å². The number of nitrogens with one attached hydrogen (secondary N) is 1. The SMILES string of the molecule is COC1CCC(NC[C@@H](C(=O)N2CCN(c3ncnc4c3[C@H](C)C[C@H]4O)CC2)c2ccc(Cl)c(F)c2)CC1. The van der Waals surface area contributed by atoms with E-state index in [1.165, 1.54) is 18.5 Å². The number of piperazine rings is 1. The Bertz CT molecular complexity index is 1140. The van der Waals surface area contributed by atoms with E-state index in [1.807, 2.05) is 4.90 Å². The summed E-state index contributed by atoms with van der Waals surface area (Å²) in [6.45, 7) is 4.88. The van der Waals surface area contributed by atoms with E-state index < -0.39 is 17.8 Å². The van der Waals surface area contributed by atoms with Crippen molar-refractivity contribution in [3.63, 3.8) is 0 Å². The predicted octanol–water partition coefficient (Wildman–Crippen LogP) is 3.79. The van der Waals surface area contributed by atoms with Crippen molar-refractivity contribution in [2.75, 3.05) is 44.7 Å². The summed E-state index contributed by atoms with van der Waals surface area (Å²) in [5, 5.41) is 14.0. The second kappa shape index (κ2) is 11.8. The van der Waals surface area contributed by atoms with E-state index in [9.17, 15) is 14.3 Å². The minimum atomic E-state index is -0.554. The van der Waals surface area contributed by atoms with Crippen LogP contribution in [0.5, 0.6) is 0 Å². The zero-order valence-corrected chi connectivity index (χ0v) is 22.8. The van der Waals surface area contributed by atoms with Crippen molar-refractivity contribution in [2.45, 2.75) is 69.1 Å². The minimum Gasteiger partial charge on any atom is -0.387 e. The van der Waals surface area contributed by atoms with Crippen LogP contribution < -0.4 is 10.2 Å². The van der Waals surface area contributed by atoms with Gasteiger partial charge in [0.2, 0.25) is 5.91 Å². The molecule has 0 radical (unpaired) electrons. The van der Waals surface area contributed by atoms with Gasteiger partial charge in [0.15, 0.2) is 0 Å². The van der Waals surface area contributed by atoms with Gasteiger partial charge in [-0.05, 0) is 55.7 Å². The molecule has 3 aliphatic rings. The number of nitrogens with zero attached hydrogens (tertiary/aromatic N) is 4. The standard InChI is InChI=1S/C28H37ClFN5O3/c1-17-13-24(36)26-25(17)27(33-16-32-26)34-9-11-35(12-10-34)28(37)21(18-3-8-22(29)23(30)14-18)15-31-19-4-6-20(38-2)7-5-19/h3,8,14,16-17,19-21,24,31,36H,4-7,9-13,15H2,1-2H3/t17-,19?,20?,21-,24-/m1/s1. The number of hydrogen-bond donors (Lipinski definition) is 2. The molecule has 8 nitrogen and oxygen atoms in total. The number of anilines is 1. The molecule has 2 aromatic rings. The second-order valence-corrected chi connectivity index (χ2v) is 11.2. The topological polar surface area (TPSA) is 90.8 Å². The van der Waals surface area contributed by atoms with Gasteiger partial charge >= 0.3 is 0 Å². The third-order valence-corrected chi connectivity index (χ3v) is 8.74. The number of aromatic nitrogens is 2. The van der Waals surface area contributed by atoms with Crippen molar-refractivity contribution >= 4 is 23.3 Å². The fourth-order valence-corrected chi connectivity index (χ4v) is 6.29. The van der Waals surface area contributed by atoms with E-state index >= 15 is 0 Å². The first-order valence-electron chi connectivity index (χ1n) is 13.6. The molecule has 206 valence electrons. The van der Waals surface area contributed by atoms with E-state index in [0.29, 0.717) is 56.9 Å². The van der Waals surface area contributed by atoms with Crippen molar-refractivity contribution in [1.82, 2.24) is 20.2 Å². The number of amides is 1. The second-order valence-electron chi connectivity index (χ2n) is 10.8. The van der Waals surface area contributed by atoms with E-state index in [-0.39, 0.29) is 16.8 Å². The third-order valence-electron chi connectivity index (χ3n) is 8.43. The number of ether oxygens (including phenoxy) is 1. The van der Waals surface area contributed by atoms with Gasteiger partial charge in [-0.2, -0.15) is 0 Å². The number of rotatable bonds is 7.